The van der Waals surface area contributed by atoms with Crippen LogP contribution in [0.4, 0.5) is 8.78 Å². The number of fused-ring (bicyclic) bond motifs is 3. The summed E-state index contributed by atoms with van der Waals surface area (Å²) in [4.78, 5) is 14.5. The van der Waals surface area contributed by atoms with Gasteiger partial charge in [0.25, 0.3) is 0 Å². The molecule has 34 heavy (non-hydrogen) atoms. The van der Waals surface area contributed by atoms with Gasteiger partial charge in [-0.3, -0.25) is 4.68 Å². The molecule has 0 radical (unpaired) electrons. The van der Waals surface area contributed by atoms with Gasteiger partial charge in [0.1, 0.15) is 34.5 Å². The topological polar surface area (TPSA) is 70.7 Å². The Kier molecular flexibility index (Phi) is 4.55. The van der Waals surface area contributed by atoms with E-state index in [1.54, 1.807) is 0 Å². The SMILES string of the molecule is Fc1ccc(-c2nc([C@H]3CCO[C@@H](c4cnn(C5CC5)c4)C3)nc3c2nc2n3CCC2)c(F)c1. The number of hydrogen-bond acceptors (Lipinski definition) is 5. The number of rotatable bonds is 4. The largest absolute Gasteiger partial charge is 0.373 e. The molecule has 1 saturated heterocycles. The van der Waals surface area contributed by atoms with E-state index in [1.807, 2.05) is 10.9 Å². The zero-order valence-electron chi connectivity index (χ0n) is 18.6. The Balaban J connectivity index is 1.30. The van der Waals surface area contributed by atoms with Crippen LogP contribution in [-0.2, 0) is 17.7 Å². The molecule has 7 nitrogen and oxygen atoms in total. The van der Waals surface area contributed by atoms with Crippen molar-refractivity contribution in [3.05, 3.63) is 59.4 Å². The van der Waals surface area contributed by atoms with Crippen LogP contribution in [0.3, 0.4) is 0 Å². The quantitative estimate of drug-likeness (QED) is 0.432. The third-order valence-electron chi connectivity index (χ3n) is 7.22. The van der Waals surface area contributed by atoms with Crippen molar-refractivity contribution < 1.29 is 13.5 Å². The van der Waals surface area contributed by atoms with Gasteiger partial charge in [-0.1, -0.05) is 0 Å². The first-order chi connectivity index (χ1) is 16.6. The normalized spacial score (nSPS) is 22.4. The minimum Gasteiger partial charge on any atom is -0.373 e. The third kappa shape index (κ3) is 3.33. The van der Waals surface area contributed by atoms with E-state index in [0.29, 0.717) is 29.7 Å². The number of aromatic nitrogens is 6. The van der Waals surface area contributed by atoms with Crippen molar-refractivity contribution in [2.45, 2.75) is 63.1 Å². The van der Waals surface area contributed by atoms with Crippen LogP contribution >= 0.6 is 0 Å². The third-order valence-corrected chi connectivity index (χ3v) is 7.22. The van der Waals surface area contributed by atoms with Gasteiger partial charge in [-0.2, -0.15) is 5.10 Å². The van der Waals surface area contributed by atoms with Gasteiger partial charge in [0, 0.05) is 48.9 Å². The average molecular weight is 463 g/mol. The summed E-state index contributed by atoms with van der Waals surface area (Å²) in [6, 6.07) is 4.13. The van der Waals surface area contributed by atoms with Gasteiger partial charge in [0.2, 0.25) is 0 Å². The number of benzene rings is 1. The molecule has 1 aliphatic carbocycles. The van der Waals surface area contributed by atoms with E-state index in [0.717, 1.165) is 55.3 Å². The van der Waals surface area contributed by atoms with Gasteiger partial charge in [-0.15, -0.1) is 0 Å². The summed E-state index contributed by atoms with van der Waals surface area (Å²) >= 11 is 0. The van der Waals surface area contributed by atoms with Crippen LogP contribution in [0.1, 0.15) is 67.4 Å². The van der Waals surface area contributed by atoms with Crippen molar-refractivity contribution in [1.29, 1.82) is 0 Å². The second-order valence-corrected chi connectivity index (χ2v) is 9.58. The van der Waals surface area contributed by atoms with E-state index in [9.17, 15) is 8.78 Å². The Morgan fingerprint density at radius 2 is 1.97 bits per heavy atom. The van der Waals surface area contributed by atoms with Crippen molar-refractivity contribution in [2.24, 2.45) is 0 Å². The maximum Gasteiger partial charge on any atom is 0.164 e. The molecule has 0 bridgehead atoms. The average Bonchev–Trinajstić information content (AvgIpc) is 3.24. The first-order valence-corrected chi connectivity index (χ1v) is 12.0. The fraction of sp³-hybridized carbons (Fsp3) is 0.440. The molecule has 3 aliphatic rings. The smallest absolute Gasteiger partial charge is 0.164 e. The predicted octanol–water partition coefficient (Wildman–Crippen LogP) is 4.88. The molecule has 3 aromatic heterocycles. The molecule has 5 heterocycles. The molecule has 174 valence electrons. The van der Waals surface area contributed by atoms with Crippen molar-refractivity contribution in [2.75, 3.05) is 6.61 Å². The highest BCUT2D eigenvalue weighted by atomic mass is 19.1. The monoisotopic (exact) mass is 462 g/mol. The maximum absolute atomic E-state index is 14.8. The summed E-state index contributed by atoms with van der Waals surface area (Å²) in [5, 5.41) is 4.52. The Bertz CT molecular complexity index is 1410. The summed E-state index contributed by atoms with van der Waals surface area (Å²) in [6.45, 7) is 1.43. The zero-order chi connectivity index (χ0) is 22.8. The molecule has 0 unspecified atom stereocenters. The fourth-order valence-corrected chi connectivity index (χ4v) is 5.26. The minimum atomic E-state index is -0.642. The lowest BCUT2D eigenvalue weighted by atomic mass is 9.92. The molecule has 2 aliphatic heterocycles. The number of nitrogens with zero attached hydrogens (tertiary/aromatic N) is 6. The van der Waals surface area contributed by atoms with E-state index in [2.05, 4.69) is 15.9 Å². The lowest BCUT2D eigenvalue weighted by Gasteiger charge is -2.28. The van der Waals surface area contributed by atoms with Crippen LogP contribution in [0.2, 0.25) is 0 Å². The van der Waals surface area contributed by atoms with Crippen LogP contribution in [0, 0.1) is 11.6 Å². The summed E-state index contributed by atoms with van der Waals surface area (Å²) in [7, 11) is 0. The van der Waals surface area contributed by atoms with E-state index >= 15 is 0 Å². The molecule has 0 amide bonds. The summed E-state index contributed by atoms with van der Waals surface area (Å²) in [5.41, 5.74) is 3.08. The van der Waals surface area contributed by atoms with Gasteiger partial charge in [-0.05, 0) is 44.2 Å². The standard InChI is InChI=1S/C25H24F2N6O/c26-16-3-6-18(19(27)11-16)22-23-25(32-8-1-2-21(32)29-23)31-24(30-22)14-7-9-34-20(10-14)15-12-28-33(13-15)17-4-5-17/h3,6,11-14,17,20H,1-2,4-5,7-10H2/t14-,20+/m0/s1. The molecular formula is C25H24F2N6O. The number of aryl methyl sites for hydroxylation is 2. The molecule has 0 spiro atoms. The Morgan fingerprint density at radius 3 is 2.82 bits per heavy atom. The van der Waals surface area contributed by atoms with Gasteiger partial charge < -0.3 is 9.30 Å². The maximum atomic E-state index is 14.8. The molecule has 4 aromatic rings. The van der Waals surface area contributed by atoms with Gasteiger partial charge in [-0.25, -0.2) is 23.7 Å². The minimum absolute atomic E-state index is 0.0576. The van der Waals surface area contributed by atoms with Crippen molar-refractivity contribution >= 4 is 11.2 Å². The highest BCUT2D eigenvalue weighted by molar-refractivity contribution is 5.88. The number of halogens is 2. The Morgan fingerprint density at radius 1 is 1.06 bits per heavy atom. The molecule has 0 N–H and O–H groups in total. The van der Waals surface area contributed by atoms with Crippen LogP contribution in [0.25, 0.3) is 22.4 Å². The second kappa shape index (κ2) is 7.66. The molecule has 9 heteroatoms. The van der Waals surface area contributed by atoms with Crippen molar-refractivity contribution in [1.82, 2.24) is 29.3 Å². The lowest BCUT2D eigenvalue weighted by molar-refractivity contribution is 0.00396. The summed E-state index contributed by atoms with van der Waals surface area (Å²) in [6.07, 6.45) is 9.68. The van der Waals surface area contributed by atoms with E-state index in [4.69, 9.17) is 19.7 Å². The van der Waals surface area contributed by atoms with Gasteiger partial charge in [0.05, 0.1) is 18.3 Å². The molecule has 2 atom stereocenters. The highest BCUT2D eigenvalue weighted by Crippen LogP contribution is 2.40. The van der Waals surface area contributed by atoms with Crippen LogP contribution in [0.5, 0.6) is 0 Å². The highest BCUT2D eigenvalue weighted by Gasteiger charge is 2.32. The first-order valence-electron chi connectivity index (χ1n) is 12.0. The first kappa shape index (κ1) is 20.2. The summed E-state index contributed by atoms with van der Waals surface area (Å²) < 4.78 is 38.7. The molecular weight excluding hydrogens is 438 g/mol. The second-order valence-electron chi connectivity index (χ2n) is 9.58. The van der Waals surface area contributed by atoms with Crippen LogP contribution < -0.4 is 0 Å². The van der Waals surface area contributed by atoms with E-state index in [-0.39, 0.29) is 17.6 Å². The van der Waals surface area contributed by atoms with Gasteiger partial charge in [0.15, 0.2) is 5.65 Å². The molecule has 1 saturated carbocycles. The van der Waals surface area contributed by atoms with E-state index < -0.39 is 11.6 Å². The Labute approximate surface area is 194 Å². The predicted molar refractivity (Wildman–Crippen MR) is 120 cm³/mol. The van der Waals surface area contributed by atoms with Gasteiger partial charge >= 0.3 is 0 Å². The lowest BCUT2D eigenvalue weighted by Crippen LogP contribution is -2.20. The molecule has 1 aromatic carbocycles. The summed E-state index contributed by atoms with van der Waals surface area (Å²) in [5.74, 6) is 0.420. The van der Waals surface area contributed by atoms with Crippen molar-refractivity contribution in [3.8, 4) is 11.3 Å². The van der Waals surface area contributed by atoms with Crippen LogP contribution in [0.15, 0.2) is 30.6 Å². The Hall–Kier alpha value is -3.20. The number of hydrogen-bond donors (Lipinski definition) is 0. The number of ether oxygens (including phenoxy) is 1. The van der Waals surface area contributed by atoms with Crippen LogP contribution in [-0.4, -0.2) is 35.9 Å². The number of imidazole rings is 1. The zero-order valence-corrected chi connectivity index (χ0v) is 18.6. The molecule has 2 fully saturated rings. The fourth-order valence-electron chi connectivity index (χ4n) is 5.26. The van der Waals surface area contributed by atoms with Crippen molar-refractivity contribution in [3.63, 3.8) is 0 Å². The molecule has 7 rings (SSSR count). The van der Waals surface area contributed by atoms with E-state index in [1.165, 1.54) is 25.0 Å².